The minimum Gasteiger partial charge on any atom is -0.488 e. The molecule has 0 spiro atoms. The molecule has 6 heteroatoms. The van der Waals surface area contributed by atoms with Crippen molar-refractivity contribution < 1.29 is 19.7 Å². The van der Waals surface area contributed by atoms with Gasteiger partial charge in [-0.25, -0.2) is 9.78 Å². The minimum absolute atomic E-state index is 0.130. The maximum atomic E-state index is 11.0. The number of hydrogen-bond acceptors (Lipinski definition) is 4. The zero-order chi connectivity index (χ0) is 14.3. The van der Waals surface area contributed by atoms with Gasteiger partial charge in [0.2, 0.25) is 0 Å². The molecule has 6 nitrogen and oxygen atoms in total. The summed E-state index contributed by atoms with van der Waals surface area (Å²) in [4.78, 5) is 15.0. The van der Waals surface area contributed by atoms with E-state index in [4.69, 9.17) is 9.84 Å². The average molecular weight is 274 g/mol. The Labute approximate surface area is 115 Å². The number of imidazole rings is 1. The number of hydrogen-bond donors (Lipinski definition) is 2. The predicted molar refractivity (Wildman–Crippen MR) is 69.7 cm³/mol. The highest BCUT2D eigenvalue weighted by Gasteiger charge is 2.36. The van der Waals surface area contributed by atoms with Gasteiger partial charge < -0.3 is 19.5 Å². The summed E-state index contributed by atoms with van der Waals surface area (Å²) >= 11 is 0. The number of rotatable bonds is 2. The molecule has 1 aliphatic heterocycles. The van der Waals surface area contributed by atoms with Gasteiger partial charge in [-0.1, -0.05) is 0 Å². The fourth-order valence-corrected chi connectivity index (χ4v) is 2.58. The van der Waals surface area contributed by atoms with Crippen LogP contribution < -0.4 is 4.74 Å². The first-order valence-electron chi connectivity index (χ1n) is 6.27. The zero-order valence-electron chi connectivity index (χ0n) is 10.8. The normalized spacial score (nSPS) is 24.8. The Morgan fingerprint density at radius 1 is 1.45 bits per heavy atom. The van der Waals surface area contributed by atoms with Crippen LogP contribution >= 0.6 is 0 Å². The lowest BCUT2D eigenvalue weighted by Crippen LogP contribution is -2.35. The van der Waals surface area contributed by atoms with Crippen molar-refractivity contribution in [3.63, 3.8) is 0 Å². The van der Waals surface area contributed by atoms with E-state index in [-0.39, 0.29) is 17.7 Å². The number of benzene rings is 1. The Bertz CT molecular complexity index is 639. The molecule has 0 saturated carbocycles. The van der Waals surface area contributed by atoms with Gasteiger partial charge in [-0.15, -0.1) is 0 Å². The molecule has 0 bridgehead atoms. The molecule has 0 aliphatic carbocycles. The van der Waals surface area contributed by atoms with Gasteiger partial charge in [0, 0.05) is 18.0 Å². The number of carboxylic acid groups (broad SMARTS) is 1. The molecular weight excluding hydrogens is 260 g/mol. The van der Waals surface area contributed by atoms with Crippen molar-refractivity contribution in [1.82, 2.24) is 9.55 Å². The van der Waals surface area contributed by atoms with Crippen molar-refractivity contribution in [2.24, 2.45) is 0 Å². The van der Waals surface area contributed by atoms with Crippen molar-refractivity contribution in [3.05, 3.63) is 48.0 Å². The lowest BCUT2D eigenvalue weighted by molar-refractivity contribution is 0.0150. The summed E-state index contributed by atoms with van der Waals surface area (Å²) in [5.41, 5.74) is 0.618. The summed E-state index contributed by atoms with van der Waals surface area (Å²) in [5, 5.41) is 19.6. The maximum absolute atomic E-state index is 11.0. The molecule has 3 unspecified atom stereocenters. The molecule has 2 N–H and O–H groups in total. The summed E-state index contributed by atoms with van der Waals surface area (Å²) in [6, 6.07) is 4.17. The van der Waals surface area contributed by atoms with Gasteiger partial charge in [0.1, 0.15) is 24.0 Å². The predicted octanol–water partition coefficient (Wildman–Crippen LogP) is 1.64. The largest absolute Gasteiger partial charge is 0.488 e. The minimum atomic E-state index is -1.03. The Morgan fingerprint density at radius 3 is 2.90 bits per heavy atom. The van der Waals surface area contributed by atoms with Crippen LogP contribution in [0.15, 0.2) is 36.9 Å². The van der Waals surface area contributed by atoms with Gasteiger partial charge in [-0.2, -0.15) is 0 Å². The van der Waals surface area contributed by atoms with E-state index in [0.717, 1.165) is 0 Å². The highest BCUT2D eigenvalue weighted by atomic mass is 16.5. The van der Waals surface area contributed by atoms with Crippen molar-refractivity contribution in [3.8, 4) is 5.75 Å². The van der Waals surface area contributed by atoms with Crippen LogP contribution in [0.2, 0.25) is 0 Å². The van der Waals surface area contributed by atoms with Crippen molar-refractivity contribution >= 4 is 5.97 Å². The molecule has 3 atom stereocenters. The standard InChI is InChI=1S/C14H14N2O4/c1-8-12(16-5-4-15-7-16)13(17)10-6-9(14(18)19)2-3-11(10)20-8/h2-8,12-13,17H,1H3,(H,18,19). The zero-order valence-corrected chi connectivity index (χ0v) is 10.8. The van der Waals surface area contributed by atoms with E-state index in [1.54, 1.807) is 29.4 Å². The van der Waals surface area contributed by atoms with Crippen molar-refractivity contribution in [2.45, 2.75) is 25.2 Å². The van der Waals surface area contributed by atoms with Crippen LogP contribution in [0.4, 0.5) is 0 Å². The summed E-state index contributed by atoms with van der Waals surface area (Å²) in [6.45, 7) is 1.86. The number of carboxylic acids is 1. The Balaban J connectivity index is 2.05. The molecule has 0 saturated heterocycles. The number of aromatic nitrogens is 2. The van der Waals surface area contributed by atoms with E-state index in [2.05, 4.69) is 4.98 Å². The Hall–Kier alpha value is -2.34. The van der Waals surface area contributed by atoms with E-state index in [1.807, 2.05) is 6.92 Å². The lowest BCUT2D eigenvalue weighted by Gasteiger charge is -2.36. The fraction of sp³-hybridized carbons (Fsp3) is 0.286. The van der Waals surface area contributed by atoms with Gasteiger partial charge in [-0.3, -0.25) is 0 Å². The Kier molecular flexibility index (Phi) is 2.94. The topological polar surface area (TPSA) is 84.6 Å². The Morgan fingerprint density at radius 2 is 2.25 bits per heavy atom. The van der Waals surface area contributed by atoms with Gasteiger partial charge in [-0.05, 0) is 25.1 Å². The first-order chi connectivity index (χ1) is 9.58. The molecule has 0 radical (unpaired) electrons. The van der Waals surface area contributed by atoms with E-state index in [1.165, 1.54) is 12.1 Å². The fourth-order valence-electron chi connectivity index (χ4n) is 2.58. The van der Waals surface area contributed by atoms with Gasteiger partial charge in [0.15, 0.2) is 0 Å². The molecule has 1 aromatic heterocycles. The van der Waals surface area contributed by atoms with Gasteiger partial charge in [0.05, 0.1) is 11.9 Å². The van der Waals surface area contributed by atoms with E-state index >= 15 is 0 Å². The second kappa shape index (κ2) is 4.64. The number of ether oxygens (including phenoxy) is 1. The average Bonchev–Trinajstić information content (AvgIpc) is 2.92. The summed E-state index contributed by atoms with van der Waals surface area (Å²) in [6.07, 6.45) is 3.90. The molecule has 0 fully saturated rings. The van der Waals surface area contributed by atoms with E-state index < -0.39 is 12.1 Å². The molecule has 1 aromatic carbocycles. The number of aliphatic hydroxyl groups excluding tert-OH is 1. The number of aromatic carboxylic acids is 1. The number of carbonyl (C=O) groups is 1. The molecule has 0 amide bonds. The molecular formula is C14H14N2O4. The SMILES string of the molecule is CC1Oc2ccc(C(=O)O)cc2C(O)C1n1ccnc1. The van der Waals surface area contributed by atoms with Crippen LogP contribution in [0.5, 0.6) is 5.75 Å². The van der Waals surface area contributed by atoms with E-state index in [9.17, 15) is 9.90 Å². The van der Waals surface area contributed by atoms with Crippen LogP contribution in [0.1, 0.15) is 35.0 Å². The van der Waals surface area contributed by atoms with Crippen molar-refractivity contribution in [2.75, 3.05) is 0 Å². The van der Waals surface area contributed by atoms with Crippen LogP contribution in [-0.2, 0) is 0 Å². The highest BCUT2D eigenvalue weighted by molar-refractivity contribution is 5.88. The smallest absolute Gasteiger partial charge is 0.335 e. The summed E-state index contributed by atoms with van der Waals surface area (Å²) < 4.78 is 7.54. The first-order valence-corrected chi connectivity index (χ1v) is 6.27. The third-order valence-corrected chi connectivity index (χ3v) is 3.56. The molecule has 2 aromatic rings. The second-order valence-electron chi connectivity index (χ2n) is 4.83. The number of aliphatic hydroxyl groups is 1. The molecule has 2 heterocycles. The van der Waals surface area contributed by atoms with Crippen LogP contribution in [0, 0.1) is 0 Å². The molecule has 3 rings (SSSR count). The van der Waals surface area contributed by atoms with Crippen LogP contribution in [-0.4, -0.2) is 31.8 Å². The second-order valence-corrected chi connectivity index (χ2v) is 4.83. The molecule has 20 heavy (non-hydrogen) atoms. The summed E-state index contributed by atoms with van der Waals surface area (Å²) in [7, 11) is 0. The van der Waals surface area contributed by atoms with Crippen LogP contribution in [0.3, 0.4) is 0 Å². The summed E-state index contributed by atoms with van der Waals surface area (Å²) in [5.74, 6) is -0.510. The third kappa shape index (κ3) is 1.94. The van der Waals surface area contributed by atoms with Crippen molar-refractivity contribution in [1.29, 1.82) is 0 Å². The monoisotopic (exact) mass is 274 g/mol. The highest BCUT2D eigenvalue weighted by Crippen LogP contribution is 2.41. The number of fused-ring (bicyclic) bond motifs is 1. The van der Waals surface area contributed by atoms with Gasteiger partial charge in [0.25, 0.3) is 0 Å². The lowest BCUT2D eigenvalue weighted by atomic mass is 9.93. The molecule has 104 valence electrons. The number of nitrogens with zero attached hydrogens (tertiary/aromatic N) is 2. The third-order valence-electron chi connectivity index (χ3n) is 3.56. The maximum Gasteiger partial charge on any atom is 0.335 e. The molecule has 1 aliphatic rings. The first kappa shape index (κ1) is 12.7. The van der Waals surface area contributed by atoms with Gasteiger partial charge >= 0.3 is 5.97 Å². The quantitative estimate of drug-likeness (QED) is 0.869. The van der Waals surface area contributed by atoms with Crippen LogP contribution in [0.25, 0.3) is 0 Å². The van der Waals surface area contributed by atoms with E-state index in [0.29, 0.717) is 11.3 Å².